The van der Waals surface area contributed by atoms with Crippen LogP contribution in [0, 0.1) is 0 Å². The van der Waals surface area contributed by atoms with Crippen molar-refractivity contribution >= 4 is 11.7 Å². The summed E-state index contributed by atoms with van der Waals surface area (Å²) in [6.45, 7) is 2.70. The smallest absolute Gasteiger partial charge is 0.263 e. The van der Waals surface area contributed by atoms with Crippen LogP contribution in [-0.4, -0.2) is 42.9 Å². The molecule has 0 saturated carbocycles. The predicted octanol–water partition coefficient (Wildman–Crippen LogP) is 1.65. The van der Waals surface area contributed by atoms with Gasteiger partial charge in [0.1, 0.15) is 17.3 Å². The Morgan fingerprint density at radius 3 is 2.55 bits per heavy atom. The van der Waals surface area contributed by atoms with E-state index < -0.39 is 6.10 Å². The number of hydrogen-bond acceptors (Lipinski definition) is 4. The van der Waals surface area contributed by atoms with Crippen molar-refractivity contribution in [3.63, 3.8) is 0 Å². The predicted molar refractivity (Wildman–Crippen MR) is 73.9 cm³/mol. The van der Waals surface area contributed by atoms with Gasteiger partial charge in [0.05, 0.1) is 7.11 Å². The van der Waals surface area contributed by atoms with Gasteiger partial charge in [-0.3, -0.25) is 9.59 Å². The summed E-state index contributed by atoms with van der Waals surface area (Å²) in [6, 6.07) is 7.15. The van der Waals surface area contributed by atoms with E-state index in [9.17, 15) is 9.59 Å². The van der Waals surface area contributed by atoms with Crippen LogP contribution in [0.1, 0.15) is 19.8 Å². The first-order valence-electron chi connectivity index (χ1n) is 6.71. The molecular formula is C15H19NO4. The van der Waals surface area contributed by atoms with Crippen LogP contribution in [-0.2, 0) is 9.59 Å². The van der Waals surface area contributed by atoms with Gasteiger partial charge in [-0.05, 0) is 19.1 Å². The Hall–Kier alpha value is -2.04. The van der Waals surface area contributed by atoms with E-state index in [4.69, 9.17) is 9.47 Å². The molecule has 0 aliphatic carbocycles. The fraction of sp³-hybridized carbons (Fsp3) is 0.467. The van der Waals surface area contributed by atoms with Gasteiger partial charge in [0.25, 0.3) is 5.91 Å². The second-order valence-electron chi connectivity index (χ2n) is 4.80. The number of nitrogens with zero attached hydrogens (tertiary/aromatic N) is 1. The molecule has 2 rings (SSSR count). The Kier molecular flexibility index (Phi) is 4.61. The van der Waals surface area contributed by atoms with Crippen LogP contribution in [0.15, 0.2) is 24.3 Å². The van der Waals surface area contributed by atoms with Gasteiger partial charge < -0.3 is 14.4 Å². The molecule has 1 fully saturated rings. The Labute approximate surface area is 118 Å². The minimum Gasteiger partial charge on any atom is -0.497 e. The van der Waals surface area contributed by atoms with Crippen LogP contribution < -0.4 is 9.47 Å². The second kappa shape index (κ2) is 6.41. The maximum atomic E-state index is 12.2. The van der Waals surface area contributed by atoms with Crippen LogP contribution in [0.3, 0.4) is 0 Å². The normalized spacial score (nSPS) is 16.7. The van der Waals surface area contributed by atoms with Crippen molar-refractivity contribution in [2.24, 2.45) is 0 Å². The largest absolute Gasteiger partial charge is 0.497 e. The average Bonchev–Trinajstić information content (AvgIpc) is 2.47. The molecule has 0 spiro atoms. The van der Waals surface area contributed by atoms with E-state index in [1.54, 1.807) is 31.1 Å². The number of methoxy groups -OCH3 is 1. The van der Waals surface area contributed by atoms with Gasteiger partial charge in [-0.2, -0.15) is 0 Å². The van der Waals surface area contributed by atoms with Crippen molar-refractivity contribution < 1.29 is 19.1 Å². The molecule has 1 atom stereocenters. The van der Waals surface area contributed by atoms with E-state index in [1.807, 2.05) is 12.1 Å². The number of Topliss-reactive ketones (excluding diaryl/α,β-unsaturated/α-hetero) is 1. The highest BCUT2D eigenvalue weighted by Crippen LogP contribution is 2.20. The first-order chi connectivity index (χ1) is 9.60. The molecule has 20 heavy (non-hydrogen) atoms. The summed E-state index contributed by atoms with van der Waals surface area (Å²) in [6.07, 6.45) is 0.310. The number of ether oxygens (including phenoxy) is 2. The summed E-state index contributed by atoms with van der Waals surface area (Å²) < 4.78 is 10.8. The molecule has 5 heteroatoms. The lowest BCUT2D eigenvalue weighted by Crippen LogP contribution is -2.44. The molecule has 0 radical (unpaired) electrons. The monoisotopic (exact) mass is 277 g/mol. The first kappa shape index (κ1) is 14.4. The number of ketones is 1. The van der Waals surface area contributed by atoms with Crippen LogP contribution in [0.25, 0.3) is 0 Å². The molecule has 1 heterocycles. The second-order valence-corrected chi connectivity index (χ2v) is 4.80. The van der Waals surface area contributed by atoms with Crippen molar-refractivity contribution in [1.29, 1.82) is 0 Å². The fourth-order valence-corrected chi connectivity index (χ4v) is 2.16. The lowest BCUT2D eigenvalue weighted by Gasteiger charge is -2.28. The summed E-state index contributed by atoms with van der Waals surface area (Å²) in [7, 11) is 1.58. The lowest BCUT2D eigenvalue weighted by molar-refractivity contribution is -0.140. The van der Waals surface area contributed by atoms with Gasteiger partial charge in [0, 0.05) is 32.0 Å². The molecule has 1 unspecified atom stereocenters. The summed E-state index contributed by atoms with van der Waals surface area (Å²) >= 11 is 0. The van der Waals surface area contributed by atoms with Crippen molar-refractivity contribution in [1.82, 2.24) is 4.90 Å². The number of hydrogen-bond donors (Lipinski definition) is 0. The van der Waals surface area contributed by atoms with Crippen molar-refractivity contribution in [2.45, 2.75) is 25.9 Å². The zero-order valence-electron chi connectivity index (χ0n) is 11.8. The van der Waals surface area contributed by atoms with E-state index in [-0.39, 0.29) is 11.7 Å². The van der Waals surface area contributed by atoms with E-state index >= 15 is 0 Å². The van der Waals surface area contributed by atoms with Gasteiger partial charge in [-0.1, -0.05) is 6.07 Å². The number of rotatable bonds is 4. The molecule has 0 bridgehead atoms. The maximum absolute atomic E-state index is 12.2. The van der Waals surface area contributed by atoms with Gasteiger partial charge in [-0.25, -0.2) is 0 Å². The molecule has 1 aromatic rings. The number of amides is 1. The summed E-state index contributed by atoms with van der Waals surface area (Å²) in [5.41, 5.74) is 0. The zero-order valence-corrected chi connectivity index (χ0v) is 11.8. The van der Waals surface area contributed by atoms with Gasteiger partial charge in [0.15, 0.2) is 6.10 Å². The third-order valence-corrected chi connectivity index (χ3v) is 3.33. The summed E-state index contributed by atoms with van der Waals surface area (Å²) in [5.74, 6) is 1.42. The van der Waals surface area contributed by atoms with Crippen molar-refractivity contribution in [2.75, 3.05) is 20.2 Å². The highest BCUT2D eigenvalue weighted by molar-refractivity contribution is 5.85. The first-order valence-corrected chi connectivity index (χ1v) is 6.71. The van der Waals surface area contributed by atoms with Crippen molar-refractivity contribution in [3.05, 3.63) is 24.3 Å². The van der Waals surface area contributed by atoms with Gasteiger partial charge in [-0.15, -0.1) is 0 Å². The molecule has 1 amide bonds. The summed E-state index contributed by atoms with van der Waals surface area (Å²) in [4.78, 5) is 25.1. The maximum Gasteiger partial charge on any atom is 0.263 e. The van der Waals surface area contributed by atoms with Crippen molar-refractivity contribution in [3.8, 4) is 11.5 Å². The number of carbonyl (C=O) groups is 2. The quantitative estimate of drug-likeness (QED) is 0.839. The van der Waals surface area contributed by atoms with E-state index in [0.717, 1.165) is 0 Å². The Morgan fingerprint density at radius 2 is 1.90 bits per heavy atom. The molecule has 1 aliphatic heterocycles. The highest BCUT2D eigenvalue weighted by Gasteiger charge is 2.25. The Morgan fingerprint density at radius 1 is 1.25 bits per heavy atom. The zero-order chi connectivity index (χ0) is 14.5. The Bertz CT molecular complexity index is 490. The minimum absolute atomic E-state index is 0.0830. The van der Waals surface area contributed by atoms with Gasteiger partial charge in [0.2, 0.25) is 0 Å². The molecule has 1 aliphatic rings. The van der Waals surface area contributed by atoms with Crippen LogP contribution in [0.4, 0.5) is 0 Å². The van der Waals surface area contributed by atoms with E-state index in [0.29, 0.717) is 37.4 Å². The third-order valence-electron chi connectivity index (χ3n) is 3.33. The molecule has 0 N–H and O–H groups in total. The topological polar surface area (TPSA) is 55.8 Å². The third kappa shape index (κ3) is 3.50. The lowest BCUT2D eigenvalue weighted by atomic mass is 10.1. The van der Waals surface area contributed by atoms with E-state index in [2.05, 4.69) is 0 Å². The average molecular weight is 277 g/mol. The number of carbonyl (C=O) groups excluding carboxylic acids is 2. The molecule has 1 saturated heterocycles. The molecule has 5 nitrogen and oxygen atoms in total. The number of likely N-dealkylation sites (tertiary alicyclic amines) is 1. The Balaban J connectivity index is 1.95. The van der Waals surface area contributed by atoms with Crippen LogP contribution in [0.2, 0.25) is 0 Å². The molecular weight excluding hydrogens is 258 g/mol. The standard InChI is InChI=1S/C15H19NO4/c1-11(15(18)16-8-6-12(17)7-9-16)20-14-5-3-4-13(10-14)19-2/h3-5,10-11H,6-9H2,1-2H3. The molecule has 1 aromatic carbocycles. The van der Waals surface area contributed by atoms with Gasteiger partial charge >= 0.3 is 0 Å². The fourth-order valence-electron chi connectivity index (χ4n) is 2.16. The summed E-state index contributed by atoms with van der Waals surface area (Å²) in [5, 5.41) is 0. The number of piperidine rings is 1. The minimum atomic E-state index is -0.574. The number of benzene rings is 1. The highest BCUT2D eigenvalue weighted by atomic mass is 16.5. The molecule has 108 valence electrons. The SMILES string of the molecule is COc1cccc(OC(C)C(=O)N2CCC(=O)CC2)c1. The van der Waals surface area contributed by atoms with Crippen LogP contribution >= 0.6 is 0 Å². The van der Waals surface area contributed by atoms with E-state index in [1.165, 1.54) is 0 Å². The van der Waals surface area contributed by atoms with Crippen LogP contribution in [0.5, 0.6) is 11.5 Å². The molecule has 0 aromatic heterocycles.